The topological polar surface area (TPSA) is 64.5 Å². The predicted molar refractivity (Wildman–Crippen MR) is 109 cm³/mol. The van der Waals surface area contributed by atoms with Crippen molar-refractivity contribution in [3.05, 3.63) is 51.1 Å². The Hall–Kier alpha value is -2.69. The summed E-state index contributed by atoms with van der Waals surface area (Å²) in [5.74, 6) is 0. The van der Waals surface area contributed by atoms with Crippen LogP contribution in [0.15, 0.2) is 0 Å². The smallest absolute Gasteiger partial charge is 0.0938 e. The molecule has 3 aromatic heterocycles. The SMILES string of the molecule is Cc1nc(C)c(-c2c(C)nc(C)c(-c3nc(C)c(C)nc3C)c2C)nc1C. The molecule has 27 heavy (non-hydrogen) atoms. The normalized spacial score (nSPS) is 11.1. The summed E-state index contributed by atoms with van der Waals surface area (Å²) >= 11 is 0. The summed E-state index contributed by atoms with van der Waals surface area (Å²) in [7, 11) is 0. The van der Waals surface area contributed by atoms with Gasteiger partial charge >= 0.3 is 0 Å². The number of hydrogen-bond donors (Lipinski definition) is 0. The maximum Gasteiger partial charge on any atom is 0.0938 e. The van der Waals surface area contributed by atoms with Gasteiger partial charge in [0.25, 0.3) is 0 Å². The van der Waals surface area contributed by atoms with Gasteiger partial charge in [-0.25, -0.2) is 9.97 Å². The van der Waals surface area contributed by atoms with Crippen LogP contribution in [0.3, 0.4) is 0 Å². The molecule has 0 saturated heterocycles. The second-order valence-electron chi connectivity index (χ2n) is 7.31. The lowest BCUT2D eigenvalue weighted by Crippen LogP contribution is -2.07. The molecule has 0 N–H and O–H groups in total. The van der Waals surface area contributed by atoms with Crippen LogP contribution in [0, 0.1) is 62.3 Å². The van der Waals surface area contributed by atoms with Crippen molar-refractivity contribution in [1.82, 2.24) is 24.9 Å². The minimum atomic E-state index is 0.899. The van der Waals surface area contributed by atoms with E-state index in [2.05, 4.69) is 16.9 Å². The fourth-order valence-electron chi connectivity index (χ4n) is 3.63. The average molecular weight is 361 g/mol. The second-order valence-corrected chi connectivity index (χ2v) is 7.31. The van der Waals surface area contributed by atoms with Crippen molar-refractivity contribution in [2.75, 3.05) is 0 Å². The van der Waals surface area contributed by atoms with Gasteiger partial charge in [-0.3, -0.25) is 15.0 Å². The van der Waals surface area contributed by atoms with Crippen molar-refractivity contribution in [3.63, 3.8) is 0 Å². The van der Waals surface area contributed by atoms with Crippen LogP contribution in [0.2, 0.25) is 0 Å². The molecule has 140 valence electrons. The Morgan fingerprint density at radius 3 is 1.00 bits per heavy atom. The minimum absolute atomic E-state index is 0.899. The first-order valence-corrected chi connectivity index (χ1v) is 9.24. The molecule has 3 aromatic rings. The first kappa shape index (κ1) is 19.1. The van der Waals surface area contributed by atoms with Crippen molar-refractivity contribution in [1.29, 1.82) is 0 Å². The molecular weight excluding hydrogens is 334 g/mol. The minimum Gasteiger partial charge on any atom is -0.257 e. The Morgan fingerprint density at radius 2 is 0.630 bits per heavy atom. The van der Waals surface area contributed by atoms with Gasteiger partial charge in [-0.05, 0) is 67.9 Å². The number of aromatic nitrogens is 5. The van der Waals surface area contributed by atoms with Gasteiger partial charge in [-0.2, -0.15) is 0 Å². The molecule has 0 aliphatic heterocycles. The number of aryl methyl sites for hydroxylation is 8. The molecule has 0 fully saturated rings. The lowest BCUT2D eigenvalue weighted by atomic mass is 9.93. The fourth-order valence-corrected chi connectivity index (χ4v) is 3.63. The van der Waals surface area contributed by atoms with Gasteiger partial charge < -0.3 is 0 Å². The molecule has 0 aromatic carbocycles. The number of hydrogen-bond acceptors (Lipinski definition) is 5. The molecular formula is C22H27N5. The van der Waals surface area contributed by atoms with Gasteiger partial charge in [0.15, 0.2) is 0 Å². The van der Waals surface area contributed by atoms with E-state index in [4.69, 9.17) is 15.0 Å². The summed E-state index contributed by atoms with van der Waals surface area (Å²) in [6.07, 6.45) is 0. The highest BCUT2D eigenvalue weighted by atomic mass is 14.9. The first-order chi connectivity index (χ1) is 12.6. The lowest BCUT2D eigenvalue weighted by Gasteiger charge is -2.19. The monoisotopic (exact) mass is 361 g/mol. The van der Waals surface area contributed by atoms with Crippen LogP contribution in [0.5, 0.6) is 0 Å². The summed E-state index contributed by atoms with van der Waals surface area (Å²) in [5.41, 5.74) is 12.6. The van der Waals surface area contributed by atoms with Gasteiger partial charge in [-0.15, -0.1) is 0 Å². The summed E-state index contributed by atoms with van der Waals surface area (Å²) in [5, 5.41) is 0. The maximum atomic E-state index is 4.84. The van der Waals surface area contributed by atoms with Crippen LogP contribution >= 0.6 is 0 Å². The van der Waals surface area contributed by atoms with Crippen LogP contribution in [-0.2, 0) is 0 Å². The van der Waals surface area contributed by atoms with E-state index >= 15 is 0 Å². The molecule has 0 bridgehead atoms. The van der Waals surface area contributed by atoms with E-state index in [0.717, 1.165) is 73.6 Å². The Morgan fingerprint density at radius 1 is 0.333 bits per heavy atom. The van der Waals surface area contributed by atoms with Gasteiger partial charge in [0, 0.05) is 22.5 Å². The van der Waals surface area contributed by atoms with Gasteiger partial charge in [0.2, 0.25) is 0 Å². The quantitative estimate of drug-likeness (QED) is 0.658. The summed E-state index contributed by atoms with van der Waals surface area (Å²) in [6, 6.07) is 0. The van der Waals surface area contributed by atoms with Crippen LogP contribution in [0.1, 0.15) is 51.1 Å². The number of rotatable bonds is 2. The molecule has 0 atom stereocenters. The van der Waals surface area contributed by atoms with Crippen LogP contribution < -0.4 is 0 Å². The molecule has 0 aliphatic carbocycles. The highest BCUT2D eigenvalue weighted by Crippen LogP contribution is 2.36. The Bertz CT molecular complexity index is 986. The molecule has 5 nitrogen and oxygen atoms in total. The third-order valence-corrected chi connectivity index (χ3v) is 5.25. The van der Waals surface area contributed by atoms with Gasteiger partial charge in [-0.1, -0.05) is 0 Å². The second kappa shape index (κ2) is 6.80. The van der Waals surface area contributed by atoms with Crippen molar-refractivity contribution < 1.29 is 0 Å². The predicted octanol–water partition coefficient (Wildman–Crippen LogP) is 4.77. The van der Waals surface area contributed by atoms with E-state index in [1.54, 1.807) is 0 Å². The standard InChI is InChI=1S/C22H27N5/c1-10-19(21-17(8)23-11(2)13(4)26-21)15(6)25-16(7)20(10)22-18(9)24-12(3)14(5)27-22/h1-9H3. The van der Waals surface area contributed by atoms with Crippen molar-refractivity contribution in [2.24, 2.45) is 0 Å². The van der Waals surface area contributed by atoms with E-state index in [1.807, 2.05) is 55.4 Å². The van der Waals surface area contributed by atoms with Crippen molar-refractivity contribution >= 4 is 0 Å². The first-order valence-electron chi connectivity index (χ1n) is 9.24. The van der Waals surface area contributed by atoms with Crippen molar-refractivity contribution in [3.8, 4) is 22.5 Å². The summed E-state index contributed by atoms with van der Waals surface area (Å²) in [4.78, 5) is 23.9. The Kier molecular flexibility index (Phi) is 4.81. The summed E-state index contributed by atoms with van der Waals surface area (Å²) in [6.45, 7) is 18.2. The largest absolute Gasteiger partial charge is 0.257 e. The van der Waals surface area contributed by atoms with E-state index in [9.17, 15) is 0 Å². The highest BCUT2D eigenvalue weighted by Gasteiger charge is 2.21. The molecule has 0 saturated carbocycles. The highest BCUT2D eigenvalue weighted by molar-refractivity contribution is 5.79. The molecule has 0 unspecified atom stereocenters. The molecule has 3 rings (SSSR count). The molecule has 0 radical (unpaired) electrons. The summed E-state index contributed by atoms with van der Waals surface area (Å²) < 4.78 is 0. The maximum absolute atomic E-state index is 4.84. The van der Waals surface area contributed by atoms with E-state index in [1.165, 1.54) is 0 Å². The van der Waals surface area contributed by atoms with E-state index in [0.29, 0.717) is 0 Å². The van der Waals surface area contributed by atoms with E-state index < -0.39 is 0 Å². The molecule has 0 aliphatic rings. The zero-order valence-corrected chi connectivity index (χ0v) is 17.7. The lowest BCUT2D eigenvalue weighted by molar-refractivity contribution is 0.987. The third-order valence-electron chi connectivity index (χ3n) is 5.25. The number of nitrogens with zero attached hydrogens (tertiary/aromatic N) is 5. The van der Waals surface area contributed by atoms with Crippen LogP contribution in [0.25, 0.3) is 22.5 Å². The Labute approximate surface area is 161 Å². The van der Waals surface area contributed by atoms with Crippen molar-refractivity contribution in [2.45, 2.75) is 62.3 Å². The average Bonchev–Trinajstić information content (AvgIpc) is 2.56. The molecule has 0 spiro atoms. The van der Waals surface area contributed by atoms with E-state index in [-0.39, 0.29) is 0 Å². The van der Waals surface area contributed by atoms with Crippen LogP contribution in [0.4, 0.5) is 0 Å². The van der Waals surface area contributed by atoms with Gasteiger partial charge in [0.1, 0.15) is 0 Å². The van der Waals surface area contributed by atoms with Gasteiger partial charge in [0.05, 0.1) is 45.6 Å². The molecule has 5 heteroatoms. The fraction of sp³-hybridized carbons (Fsp3) is 0.409. The zero-order chi connectivity index (χ0) is 20.0. The molecule has 0 amide bonds. The number of pyridine rings is 1. The Balaban J connectivity index is 2.37. The zero-order valence-electron chi connectivity index (χ0n) is 17.7. The molecule has 3 heterocycles. The van der Waals surface area contributed by atoms with Crippen LogP contribution in [-0.4, -0.2) is 24.9 Å². The third kappa shape index (κ3) is 3.22.